The summed E-state index contributed by atoms with van der Waals surface area (Å²) in [7, 11) is 0.533. The minimum absolute atomic E-state index is 0.0700. The predicted octanol–water partition coefficient (Wildman–Crippen LogP) is 3.37. The molecule has 0 atom stereocenters. The Morgan fingerprint density at radius 2 is 1.57 bits per heavy atom. The van der Waals surface area contributed by atoms with Gasteiger partial charge in [-0.2, -0.15) is 5.10 Å². The number of hydrogen-bond donors (Lipinski definition) is 1. The number of carbonyl (C=O) groups is 1. The standard InChI is InChI=1S/C25H27N3O6S/c1-18-5-12-22(13-6-18)35(30,31)28(20-8-10-21(32-2)11-9-20)17-25(29)27-26-16-19-7-14-23(33-3)24(15-19)34-4/h5-16H,17H2,1-4H3,(H,27,29)/b26-16+. The Hall–Kier alpha value is -4.05. The van der Waals surface area contributed by atoms with Gasteiger partial charge in [-0.25, -0.2) is 13.8 Å². The van der Waals surface area contributed by atoms with Crippen molar-refractivity contribution < 1.29 is 27.4 Å². The van der Waals surface area contributed by atoms with Crippen molar-refractivity contribution in [3.63, 3.8) is 0 Å². The van der Waals surface area contributed by atoms with Gasteiger partial charge < -0.3 is 14.2 Å². The van der Waals surface area contributed by atoms with Crippen LogP contribution in [0.2, 0.25) is 0 Å². The summed E-state index contributed by atoms with van der Waals surface area (Å²) >= 11 is 0. The fraction of sp³-hybridized carbons (Fsp3) is 0.200. The van der Waals surface area contributed by atoms with Gasteiger partial charge in [-0.05, 0) is 67.1 Å². The van der Waals surface area contributed by atoms with Crippen molar-refractivity contribution >= 4 is 27.8 Å². The Kier molecular flexibility index (Phi) is 8.32. The Morgan fingerprint density at radius 1 is 0.914 bits per heavy atom. The van der Waals surface area contributed by atoms with E-state index in [0.717, 1.165) is 9.87 Å². The average Bonchev–Trinajstić information content (AvgIpc) is 2.87. The zero-order chi connectivity index (χ0) is 25.4. The molecule has 10 heteroatoms. The second kappa shape index (κ2) is 11.4. The van der Waals surface area contributed by atoms with Crippen LogP contribution in [-0.4, -0.2) is 48.4 Å². The molecule has 184 valence electrons. The van der Waals surface area contributed by atoms with Crippen LogP contribution in [-0.2, 0) is 14.8 Å². The van der Waals surface area contributed by atoms with Gasteiger partial charge in [-0.15, -0.1) is 0 Å². The van der Waals surface area contributed by atoms with E-state index in [2.05, 4.69) is 10.5 Å². The third-order valence-electron chi connectivity index (χ3n) is 5.07. The monoisotopic (exact) mass is 497 g/mol. The molecule has 0 aliphatic carbocycles. The lowest BCUT2D eigenvalue weighted by molar-refractivity contribution is -0.119. The minimum atomic E-state index is -4.03. The predicted molar refractivity (Wildman–Crippen MR) is 134 cm³/mol. The van der Waals surface area contributed by atoms with Crippen LogP contribution in [0.4, 0.5) is 5.69 Å². The highest BCUT2D eigenvalue weighted by Crippen LogP contribution is 2.27. The SMILES string of the molecule is COc1ccc(N(CC(=O)N/N=C/c2ccc(OC)c(OC)c2)S(=O)(=O)c2ccc(C)cc2)cc1. The molecule has 0 saturated carbocycles. The zero-order valence-corrected chi connectivity index (χ0v) is 20.7. The summed E-state index contributed by atoms with van der Waals surface area (Å²) in [6, 6.07) is 18.0. The number of hydrazone groups is 1. The number of methoxy groups -OCH3 is 3. The van der Waals surface area contributed by atoms with Crippen LogP contribution in [0.1, 0.15) is 11.1 Å². The fourth-order valence-corrected chi connectivity index (χ4v) is 4.60. The van der Waals surface area contributed by atoms with E-state index in [1.165, 1.54) is 39.7 Å². The van der Waals surface area contributed by atoms with Gasteiger partial charge in [0, 0.05) is 0 Å². The van der Waals surface area contributed by atoms with Gasteiger partial charge in [-0.3, -0.25) is 9.10 Å². The molecule has 35 heavy (non-hydrogen) atoms. The maximum atomic E-state index is 13.4. The van der Waals surface area contributed by atoms with Crippen molar-refractivity contribution in [2.75, 3.05) is 32.2 Å². The number of carbonyl (C=O) groups excluding carboxylic acids is 1. The minimum Gasteiger partial charge on any atom is -0.497 e. The molecule has 0 heterocycles. The molecule has 0 unspecified atom stereocenters. The van der Waals surface area contributed by atoms with E-state index < -0.39 is 22.5 Å². The fourth-order valence-electron chi connectivity index (χ4n) is 3.18. The van der Waals surface area contributed by atoms with Gasteiger partial charge in [-0.1, -0.05) is 17.7 Å². The summed E-state index contributed by atoms with van der Waals surface area (Å²) in [5.41, 5.74) is 4.26. The van der Waals surface area contributed by atoms with E-state index in [1.807, 2.05) is 6.92 Å². The molecular formula is C25H27N3O6S. The van der Waals surface area contributed by atoms with Crippen LogP contribution in [0, 0.1) is 6.92 Å². The number of sulfonamides is 1. The van der Waals surface area contributed by atoms with Crippen LogP contribution >= 0.6 is 0 Å². The van der Waals surface area contributed by atoms with Gasteiger partial charge in [0.1, 0.15) is 12.3 Å². The molecule has 0 aromatic heterocycles. The summed E-state index contributed by atoms with van der Waals surface area (Å²) in [4.78, 5) is 12.8. The maximum Gasteiger partial charge on any atom is 0.264 e. The lowest BCUT2D eigenvalue weighted by Gasteiger charge is -2.24. The summed E-state index contributed by atoms with van der Waals surface area (Å²) in [6.45, 7) is 1.38. The van der Waals surface area contributed by atoms with Crippen molar-refractivity contribution in [2.24, 2.45) is 5.10 Å². The molecule has 0 aliphatic rings. The molecule has 0 spiro atoms. The number of benzene rings is 3. The number of rotatable bonds is 10. The number of ether oxygens (including phenoxy) is 3. The molecule has 0 radical (unpaired) electrons. The molecular weight excluding hydrogens is 470 g/mol. The average molecular weight is 498 g/mol. The Morgan fingerprint density at radius 3 is 2.17 bits per heavy atom. The molecule has 0 aliphatic heterocycles. The number of hydrogen-bond acceptors (Lipinski definition) is 7. The smallest absolute Gasteiger partial charge is 0.264 e. The number of anilines is 1. The molecule has 0 bridgehead atoms. The third kappa shape index (κ3) is 6.30. The first-order valence-electron chi connectivity index (χ1n) is 10.6. The van der Waals surface area contributed by atoms with E-state index in [1.54, 1.807) is 54.6 Å². The van der Waals surface area contributed by atoms with Crippen molar-refractivity contribution in [3.8, 4) is 17.2 Å². The molecule has 3 aromatic rings. The highest BCUT2D eigenvalue weighted by Gasteiger charge is 2.27. The van der Waals surface area contributed by atoms with E-state index in [0.29, 0.717) is 28.5 Å². The normalized spacial score (nSPS) is 11.2. The van der Waals surface area contributed by atoms with Crippen molar-refractivity contribution in [1.29, 1.82) is 0 Å². The summed E-state index contributed by atoms with van der Waals surface area (Å²) in [5, 5.41) is 3.95. The zero-order valence-electron chi connectivity index (χ0n) is 19.9. The number of nitrogens with zero attached hydrogens (tertiary/aromatic N) is 2. The molecule has 3 aromatic carbocycles. The third-order valence-corrected chi connectivity index (χ3v) is 6.86. The summed E-state index contributed by atoms with van der Waals surface area (Å²) in [6.07, 6.45) is 1.42. The first kappa shape index (κ1) is 25.6. The molecule has 0 fully saturated rings. The Labute approximate surface area is 205 Å². The molecule has 1 N–H and O–H groups in total. The second-order valence-corrected chi connectivity index (χ2v) is 9.29. The van der Waals surface area contributed by atoms with Crippen molar-refractivity contribution in [2.45, 2.75) is 11.8 Å². The van der Waals surface area contributed by atoms with E-state index in [9.17, 15) is 13.2 Å². The Bertz CT molecular complexity index is 1290. The van der Waals surface area contributed by atoms with E-state index in [-0.39, 0.29) is 4.90 Å². The van der Waals surface area contributed by atoms with Crippen LogP contribution in [0.25, 0.3) is 0 Å². The summed E-state index contributed by atoms with van der Waals surface area (Å²) in [5.74, 6) is 1.02. The van der Waals surface area contributed by atoms with Gasteiger partial charge in [0.05, 0.1) is 38.1 Å². The quantitative estimate of drug-likeness (QED) is 0.340. The number of aryl methyl sites for hydroxylation is 1. The van der Waals surface area contributed by atoms with Crippen LogP contribution < -0.4 is 23.9 Å². The second-order valence-electron chi connectivity index (χ2n) is 7.43. The van der Waals surface area contributed by atoms with Crippen molar-refractivity contribution in [1.82, 2.24) is 5.43 Å². The first-order valence-corrected chi connectivity index (χ1v) is 12.0. The van der Waals surface area contributed by atoms with E-state index in [4.69, 9.17) is 14.2 Å². The van der Waals surface area contributed by atoms with Crippen LogP contribution in [0.15, 0.2) is 76.7 Å². The highest BCUT2D eigenvalue weighted by molar-refractivity contribution is 7.92. The Balaban J connectivity index is 1.82. The molecule has 0 saturated heterocycles. The highest BCUT2D eigenvalue weighted by atomic mass is 32.2. The van der Waals surface area contributed by atoms with Crippen LogP contribution in [0.5, 0.6) is 17.2 Å². The van der Waals surface area contributed by atoms with Gasteiger partial charge >= 0.3 is 0 Å². The van der Waals surface area contributed by atoms with Gasteiger partial charge in [0.25, 0.3) is 15.9 Å². The first-order chi connectivity index (χ1) is 16.8. The topological polar surface area (TPSA) is 107 Å². The summed E-state index contributed by atoms with van der Waals surface area (Å²) < 4.78 is 43.5. The maximum absolute atomic E-state index is 13.4. The number of nitrogens with one attached hydrogen (secondary N) is 1. The van der Waals surface area contributed by atoms with Crippen molar-refractivity contribution in [3.05, 3.63) is 77.9 Å². The van der Waals surface area contributed by atoms with E-state index >= 15 is 0 Å². The lowest BCUT2D eigenvalue weighted by Crippen LogP contribution is -2.39. The largest absolute Gasteiger partial charge is 0.497 e. The lowest BCUT2D eigenvalue weighted by atomic mass is 10.2. The molecule has 3 rings (SSSR count). The number of amides is 1. The van der Waals surface area contributed by atoms with Gasteiger partial charge in [0.15, 0.2) is 11.5 Å². The van der Waals surface area contributed by atoms with Crippen LogP contribution in [0.3, 0.4) is 0 Å². The molecule has 1 amide bonds. The van der Waals surface area contributed by atoms with Gasteiger partial charge in [0.2, 0.25) is 0 Å². The molecule has 9 nitrogen and oxygen atoms in total.